The first-order chi connectivity index (χ1) is 12.6. The molecule has 0 spiro atoms. The molecule has 0 aliphatic heterocycles. The Morgan fingerprint density at radius 1 is 1.27 bits per heavy atom. The molecule has 5 heteroatoms. The van der Waals surface area contributed by atoms with Gasteiger partial charge in [-0.25, -0.2) is 4.98 Å². The third-order valence-electron chi connectivity index (χ3n) is 4.12. The van der Waals surface area contributed by atoms with Gasteiger partial charge in [-0.15, -0.1) is 11.8 Å². The monoisotopic (exact) mass is 367 g/mol. The van der Waals surface area contributed by atoms with Crippen LogP contribution in [0.15, 0.2) is 35.4 Å². The van der Waals surface area contributed by atoms with E-state index in [1.807, 2.05) is 37.3 Å². The molecule has 2 rings (SSSR count). The number of nitrogens with one attached hydrogen (secondary N) is 1. The highest BCUT2D eigenvalue weighted by molar-refractivity contribution is 7.99. The van der Waals surface area contributed by atoms with Crippen molar-refractivity contribution >= 4 is 23.4 Å². The minimum atomic E-state index is -0.00952. The van der Waals surface area contributed by atoms with E-state index in [1.165, 1.54) is 11.8 Å². The van der Waals surface area contributed by atoms with Gasteiger partial charge in [-0.05, 0) is 43.0 Å². The molecule has 4 nitrogen and oxygen atoms in total. The SMILES string of the molecule is CCCc1ccc(C#N)c(SCCC(=O)Nc2c(C)cccc2CC)n1. The van der Waals surface area contributed by atoms with Crippen LogP contribution in [0.1, 0.15) is 49.1 Å². The van der Waals surface area contributed by atoms with Crippen LogP contribution in [0.4, 0.5) is 5.69 Å². The molecule has 0 aliphatic rings. The van der Waals surface area contributed by atoms with E-state index in [9.17, 15) is 10.1 Å². The van der Waals surface area contributed by atoms with Crippen molar-refractivity contribution in [1.29, 1.82) is 5.26 Å². The number of anilines is 1. The van der Waals surface area contributed by atoms with Crippen LogP contribution in [0.25, 0.3) is 0 Å². The second-order valence-corrected chi connectivity index (χ2v) is 7.21. The molecule has 1 amide bonds. The predicted molar refractivity (Wildman–Crippen MR) is 107 cm³/mol. The number of aryl methyl sites for hydroxylation is 3. The number of amides is 1. The molecule has 0 bridgehead atoms. The number of thioether (sulfide) groups is 1. The molecule has 0 atom stereocenters. The molecule has 2 aromatic rings. The standard InChI is InChI=1S/C21H25N3OS/c1-4-7-18-11-10-17(14-22)21(23-18)26-13-12-19(25)24-20-15(3)8-6-9-16(20)5-2/h6,8-11H,4-5,7,12-13H2,1-3H3,(H,24,25). The van der Waals surface area contributed by atoms with Gasteiger partial charge in [-0.2, -0.15) is 5.26 Å². The van der Waals surface area contributed by atoms with Crippen LogP contribution in [-0.2, 0) is 17.6 Å². The van der Waals surface area contributed by atoms with Crippen LogP contribution in [-0.4, -0.2) is 16.6 Å². The van der Waals surface area contributed by atoms with Crippen molar-refractivity contribution in [2.24, 2.45) is 0 Å². The van der Waals surface area contributed by atoms with E-state index in [4.69, 9.17) is 0 Å². The minimum absolute atomic E-state index is 0.00952. The van der Waals surface area contributed by atoms with Gasteiger partial charge >= 0.3 is 0 Å². The Morgan fingerprint density at radius 2 is 2.08 bits per heavy atom. The van der Waals surface area contributed by atoms with E-state index in [1.54, 1.807) is 0 Å². The Labute approximate surface area is 160 Å². The number of aromatic nitrogens is 1. The second-order valence-electron chi connectivity index (χ2n) is 6.13. The molecular formula is C21H25N3OS. The first-order valence-corrected chi connectivity index (χ1v) is 9.98. The van der Waals surface area contributed by atoms with E-state index in [2.05, 4.69) is 30.2 Å². The van der Waals surface area contributed by atoms with E-state index in [0.29, 0.717) is 17.7 Å². The molecule has 0 saturated carbocycles. The van der Waals surface area contributed by atoms with Crippen LogP contribution in [0, 0.1) is 18.3 Å². The Balaban J connectivity index is 1.97. The minimum Gasteiger partial charge on any atom is -0.326 e. The molecule has 1 N–H and O–H groups in total. The van der Waals surface area contributed by atoms with Crippen LogP contribution in [0.5, 0.6) is 0 Å². The number of pyridine rings is 1. The van der Waals surface area contributed by atoms with E-state index in [-0.39, 0.29) is 5.91 Å². The normalized spacial score (nSPS) is 10.4. The van der Waals surface area contributed by atoms with Gasteiger partial charge in [0.25, 0.3) is 0 Å². The fourth-order valence-corrected chi connectivity index (χ4v) is 3.65. The molecular weight excluding hydrogens is 342 g/mol. The van der Waals surface area contributed by atoms with Crippen molar-refractivity contribution in [1.82, 2.24) is 4.98 Å². The highest BCUT2D eigenvalue weighted by Gasteiger charge is 2.11. The Morgan fingerprint density at radius 3 is 2.77 bits per heavy atom. The van der Waals surface area contributed by atoms with Crippen LogP contribution in [0.3, 0.4) is 0 Å². The average molecular weight is 368 g/mol. The smallest absolute Gasteiger partial charge is 0.225 e. The lowest BCUT2D eigenvalue weighted by atomic mass is 10.1. The van der Waals surface area contributed by atoms with E-state index < -0.39 is 0 Å². The van der Waals surface area contributed by atoms with Crippen molar-refractivity contribution in [2.45, 2.75) is 51.5 Å². The van der Waals surface area contributed by atoms with Gasteiger partial charge in [0, 0.05) is 23.6 Å². The van der Waals surface area contributed by atoms with Crippen molar-refractivity contribution in [3.8, 4) is 6.07 Å². The Kier molecular flexibility index (Phi) is 7.68. The van der Waals surface area contributed by atoms with Gasteiger partial charge in [-0.3, -0.25) is 4.79 Å². The molecule has 0 unspecified atom stereocenters. The highest BCUT2D eigenvalue weighted by Crippen LogP contribution is 2.24. The van der Waals surface area contributed by atoms with Crippen molar-refractivity contribution in [3.63, 3.8) is 0 Å². The van der Waals surface area contributed by atoms with Gasteiger partial charge in [0.2, 0.25) is 5.91 Å². The van der Waals surface area contributed by atoms with Crippen molar-refractivity contribution in [3.05, 3.63) is 52.7 Å². The van der Waals surface area contributed by atoms with Crippen LogP contribution in [0.2, 0.25) is 0 Å². The third-order valence-corrected chi connectivity index (χ3v) is 5.11. The Hall–Kier alpha value is -2.32. The number of para-hydroxylation sites is 1. The molecule has 0 aliphatic carbocycles. The van der Waals surface area contributed by atoms with Crippen molar-refractivity contribution in [2.75, 3.05) is 11.1 Å². The summed E-state index contributed by atoms with van der Waals surface area (Å²) in [6, 6.07) is 12.0. The van der Waals surface area contributed by atoms with E-state index >= 15 is 0 Å². The van der Waals surface area contributed by atoms with Gasteiger partial charge in [-0.1, -0.05) is 38.5 Å². The summed E-state index contributed by atoms with van der Waals surface area (Å²) in [4.78, 5) is 16.9. The first kappa shape index (κ1) is 20.0. The highest BCUT2D eigenvalue weighted by atomic mass is 32.2. The van der Waals surface area contributed by atoms with Crippen molar-refractivity contribution < 1.29 is 4.79 Å². The largest absolute Gasteiger partial charge is 0.326 e. The summed E-state index contributed by atoms with van der Waals surface area (Å²) in [6.45, 7) is 6.19. The summed E-state index contributed by atoms with van der Waals surface area (Å²) < 4.78 is 0. The summed E-state index contributed by atoms with van der Waals surface area (Å²) in [5.74, 6) is 0.584. The summed E-state index contributed by atoms with van der Waals surface area (Å²) >= 11 is 1.47. The molecule has 0 fully saturated rings. The molecule has 1 heterocycles. The van der Waals surface area contributed by atoms with Gasteiger partial charge in [0.1, 0.15) is 11.1 Å². The molecule has 0 saturated heterocycles. The zero-order valence-electron chi connectivity index (χ0n) is 15.6. The van der Waals surface area contributed by atoms with Gasteiger partial charge in [0.15, 0.2) is 0 Å². The predicted octanol–water partition coefficient (Wildman–Crippen LogP) is 4.90. The molecule has 136 valence electrons. The maximum absolute atomic E-state index is 12.3. The lowest BCUT2D eigenvalue weighted by Gasteiger charge is -2.13. The zero-order chi connectivity index (χ0) is 18.9. The summed E-state index contributed by atoms with van der Waals surface area (Å²) in [6.07, 6.45) is 3.17. The fraction of sp³-hybridized carbons (Fsp3) is 0.381. The van der Waals surface area contributed by atoms with Crippen LogP contribution >= 0.6 is 11.8 Å². The average Bonchev–Trinajstić information content (AvgIpc) is 2.64. The number of hydrogen-bond acceptors (Lipinski definition) is 4. The lowest BCUT2D eigenvalue weighted by molar-refractivity contribution is -0.115. The first-order valence-electron chi connectivity index (χ1n) is 9.00. The number of nitrogens with zero attached hydrogens (tertiary/aromatic N) is 2. The van der Waals surface area contributed by atoms with E-state index in [0.717, 1.165) is 46.8 Å². The van der Waals surface area contributed by atoms with Crippen LogP contribution < -0.4 is 5.32 Å². The second kappa shape index (κ2) is 9.98. The number of rotatable bonds is 8. The fourth-order valence-electron chi connectivity index (χ4n) is 2.71. The molecule has 0 radical (unpaired) electrons. The maximum Gasteiger partial charge on any atom is 0.225 e. The number of carbonyl (C=O) groups excluding carboxylic acids is 1. The third kappa shape index (κ3) is 5.34. The molecule has 26 heavy (non-hydrogen) atoms. The quantitative estimate of drug-likeness (QED) is 0.674. The topological polar surface area (TPSA) is 65.8 Å². The number of nitriles is 1. The number of hydrogen-bond donors (Lipinski definition) is 1. The lowest BCUT2D eigenvalue weighted by Crippen LogP contribution is -2.14. The zero-order valence-corrected chi connectivity index (χ0v) is 16.4. The maximum atomic E-state index is 12.3. The summed E-state index contributed by atoms with van der Waals surface area (Å²) in [7, 11) is 0. The number of benzene rings is 1. The number of carbonyl (C=O) groups is 1. The molecule has 1 aromatic heterocycles. The Bertz CT molecular complexity index is 811. The summed E-state index contributed by atoms with van der Waals surface area (Å²) in [5, 5.41) is 13.0. The molecule has 1 aromatic carbocycles. The summed E-state index contributed by atoms with van der Waals surface area (Å²) in [5.41, 5.74) is 4.71. The van der Waals surface area contributed by atoms with Gasteiger partial charge < -0.3 is 5.32 Å². The van der Waals surface area contributed by atoms with Gasteiger partial charge in [0.05, 0.1) is 5.56 Å².